The number of aryl methyl sites for hydroxylation is 2. The Morgan fingerprint density at radius 1 is 1.14 bits per heavy atom. The van der Waals surface area contributed by atoms with Crippen molar-refractivity contribution in [2.24, 2.45) is 0 Å². The van der Waals surface area contributed by atoms with Crippen molar-refractivity contribution in [3.8, 4) is 11.5 Å². The molecule has 5 nitrogen and oxygen atoms in total. The van der Waals surface area contributed by atoms with Crippen LogP contribution in [0.5, 0.6) is 0 Å². The largest absolute Gasteiger partial charge is 0.441 e. The number of hydrogen-bond acceptors (Lipinski definition) is 3. The predicted molar refractivity (Wildman–Crippen MR) is 111 cm³/mol. The topological polar surface area (TPSA) is 60.1 Å². The molecule has 2 heterocycles. The Kier molecular flexibility index (Phi) is 4.98. The Balaban J connectivity index is 1.47. The second-order valence-corrected chi connectivity index (χ2v) is 6.90. The number of rotatable bonds is 6. The minimum absolute atomic E-state index is 0.108. The van der Waals surface area contributed by atoms with Crippen LogP contribution >= 0.6 is 0 Å². The van der Waals surface area contributed by atoms with E-state index in [1.54, 1.807) is 0 Å². The van der Waals surface area contributed by atoms with Crippen LogP contribution in [-0.4, -0.2) is 15.5 Å². The van der Waals surface area contributed by atoms with E-state index in [1.165, 1.54) is 5.52 Å². The first-order chi connectivity index (χ1) is 13.6. The highest BCUT2D eigenvalue weighted by Crippen LogP contribution is 2.23. The average Bonchev–Trinajstić information content (AvgIpc) is 3.26. The van der Waals surface area contributed by atoms with Crippen molar-refractivity contribution in [3.05, 3.63) is 72.2 Å². The fourth-order valence-electron chi connectivity index (χ4n) is 3.37. The summed E-state index contributed by atoms with van der Waals surface area (Å²) in [5, 5.41) is 4.09. The number of fused-ring (bicyclic) bond motifs is 1. The summed E-state index contributed by atoms with van der Waals surface area (Å²) >= 11 is 0. The molecule has 0 saturated heterocycles. The number of amides is 1. The van der Waals surface area contributed by atoms with Crippen molar-refractivity contribution in [1.29, 1.82) is 0 Å². The summed E-state index contributed by atoms with van der Waals surface area (Å²) in [7, 11) is 0. The number of carbonyl (C=O) groups excluding carboxylic acids is 1. The van der Waals surface area contributed by atoms with Gasteiger partial charge in [-0.25, -0.2) is 4.98 Å². The van der Waals surface area contributed by atoms with Gasteiger partial charge in [-0.1, -0.05) is 25.1 Å². The second-order valence-electron chi connectivity index (χ2n) is 6.90. The Morgan fingerprint density at radius 2 is 1.96 bits per heavy atom. The van der Waals surface area contributed by atoms with Gasteiger partial charge in [0.25, 0.3) is 0 Å². The number of aromatic nitrogens is 2. The molecular weight excluding hydrogens is 350 g/mol. The highest BCUT2D eigenvalue weighted by Gasteiger charge is 2.15. The smallest absolute Gasteiger partial charge is 0.230 e. The number of nitrogens with one attached hydrogen (secondary N) is 1. The lowest BCUT2D eigenvalue weighted by Crippen LogP contribution is -2.15. The first kappa shape index (κ1) is 18.0. The molecule has 1 N–H and O–H groups in total. The molecular formula is C23H23N3O2. The quantitative estimate of drug-likeness (QED) is 0.505. The van der Waals surface area contributed by atoms with E-state index >= 15 is 0 Å². The normalized spacial score (nSPS) is 11.1. The van der Waals surface area contributed by atoms with Gasteiger partial charge in [-0.3, -0.25) is 4.79 Å². The van der Waals surface area contributed by atoms with E-state index in [0.717, 1.165) is 29.6 Å². The van der Waals surface area contributed by atoms with Crippen LogP contribution in [0.3, 0.4) is 0 Å². The highest BCUT2D eigenvalue weighted by molar-refractivity contribution is 5.95. The van der Waals surface area contributed by atoms with Crippen molar-refractivity contribution < 1.29 is 9.21 Å². The standard InChI is InChI=1S/C23H23N3O2/c1-3-12-26-13-11-18-14-19(9-10-21(18)26)24-22(27)15-20-16(2)28-23(25-20)17-7-5-4-6-8-17/h4-11,13-14H,3,12,15H2,1-2H3,(H,24,27). The molecule has 4 aromatic rings. The molecule has 1 amide bonds. The lowest BCUT2D eigenvalue weighted by Gasteiger charge is -2.06. The third-order valence-electron chi connectivity index (χ3n) is 4.76. The molecule has 5 heteroatoms. The van der Waals surface area contributed by atoms with Crippen molar-refractivity contribution in [2.45, 2.75) is 33.2 Å². The molecule has 142 valence electrons. The molecule has 0 bridgehead atoms. The molecule has 28 heavy (non-hydrogen) atoms. The van der Waals surface area contributed by atoms with E-state index in [2.05, 4.69) is 40.1 Å². The fourth-order valence-corrected chi connectivity index (χ4v) is 3.37. The van der Waals surface area contributed by atoms with Gasteiger partial charge in [-0.2, -0.15) is 0 Å². The zero-order valence-electron chi connectivity index (χ0n) is 16.1. The second kappa shape index (κ2) is 7.72. The van der Waals surface area contributed by atoms with Crippen LogP contribution in [0.1, 0.15) is 24.8 Å². The van der Waals surface area contributed by atoms with Crippen molar-refractivity contribution in [2.75, 3.05) is 5.32 Å². The van der Waals surface area contributed by atoms with Crippen LogP contribution in [0.2, 0.25) is 0 Å². The van der Waals surface area contributed by atoms with Crippen LogP contribution in [-0.2, 0) is 17.8 Å². The zero-order chi connectivity index (χ0) is 19.5. The first-order valence-electron chi connectivity index (χ1n) is 9.54. The fraction of sp³-hybridized carbons (Fsp3) is 0.217. The van der Waals surface area contributed by atoms with Crippen molar-refractivity contribution in [1.82, 2.24) is 9.55 Å². The maximum absolute atomic E-state index is 12.5. The number of nitrogens with zero attached hydrogens (tertiary/aromatic N) is 2. The predicted octanol–water partition coefficient (Wildman–Crippen LogP) is 5.20. The first-order valence-corrected chi connectivity index (χ1v) is 9.54. The maximum atomic E-state index is 12.5. The zero-order valence-corrected chi connectivity index (χ0v) is 16.1. The Bertz CT molecular complexity index is 1110. The number of oxazole rings is 1. The molecule has 0 fully saturated rings. The van der Waals surface area contributed by atoms with Gasteiger partial charge in [0.15, 0.2) is 0 Å². The number of benzene rings is 2. The molecule has 4 rings (SSSR count). The molecule has 0 aliphatic rings. The third kappa shape index (κ3) is 3.69. The summed E-state index contributed by atoms with van der Waals surface area (Å²) in [6.45, 7) is 4.99. The highest BCUT2D eigenvalue weighted by atomic mass is 16.4. The summed E-state index contributed by atoms with van der Waals surface area (Å²) in [6, 6.07) is 17.8. The van der Waals surface area contributed by atoms with E-state index in [-0.39, 0.29) is 12.3 Å². The van der Waals surface area contributed by atoms with E-state index in [4.69, 9.17) is 4.42 Å². The summed E-state index contributed by atoms with van der Waals surface area (Å²) in [4.78, 5) is 17.0. The van der Waals surface area contributed by atoms with Crippen molar-refractivity contribution >= 4 is 22.5 Å². The van der Waals surface area contributed by atoms with Gasteiger partial charge in [0, 0.05) is 34.9 Å². The Morgan fingerprint density at radius 3 is 2.75 bits per heavy atom. The van der Waals surface area contributed by atoms with Gasteiger partial charge < -0.3 is 14.3 Å². The molecule has 0 spiro atoms. The van der Waals surface area contributed by atoms with Gasteiger partial charge in [0.2, 0.25) is 11.8 Å². The lowest BCUT2D eigenvalue weighted by molar-refractivity contribution is -0.115. The lowest BCUT2D eigenvalue weighted by atomic mass is 10.2. The van der Waals surface area contributed by atoms with Crippen LogP contribution in [0.4, 0.5) is 5.69 Å². The van der Waals surface area contributed by atoms with Gasteiger partial charge in [0.1, 0.15) is 5.76 Å². The van der Waals surface area contributed by atoms with E-state index in [1.807, 2.05) is 49.4 Å². The van der Waals surface area contributed by atoms with Gasteiger partial charge in [-0.15, -0.1) is 0 Å². The summed E-state index contributed by atoms with van der Waals surface area (Å²) in [6.07, 6.45) is 3.35. The molecule has 0 unspecified atom stereocenters. The van der Waals surface area contributed by atoms with Crippen LogP contribution < -0.4 is 5.32 Å². The molecule has 0 radical (unpaired) electrons. The van der Waals surface area contributed by atoms with Crippen LogP contribution in [0.15, 0.2) is 65.2 Å². The molecule has 0 atom stereocenters. The summed E-state index contributed by atoms with van der Waals surface area (Å²) in [5.41, 5.74) is 3.53. The summed E-state index contributed by atoms with van der Waals surface area (Å²) in [5.74, 6) is 1.10. The van der Waals surface area contributed by atoms with Gasteiger partial charge >= 0.3 is 0 Å². The van der Waals surface area contributed by atoms with Crippen LogP contribution in [0.25, 0.3) is 22.4 Å². The molecule has 0 aliphatic heterocycles. The Hall–Kier alpha value is -3.34. The van der Waals surface area contributed by atoms with E-state index < -0.39 is 0 Å². The minimum Gasteiger partial charge on any atom is -0.441 e. The SMILES string of the molecule is CCCn1ccc2cc(NC(=O)Cc3nc(-c4ccccc4)oc3C)ccc21. The minimum atomic E-state index is -0.108. The monoisotopic (exact) mass is 373 g/mol. The summed E-state index contributed by atoms with van der Waals surface area (Å²) < 4.78 is 7.97. The van der Waals surface area contributed by atoms with E-state index in [0.29, 0.717) is 17.3 Å². The molecule has 2 aromatic heterocycles. The molecule has 2 aromatic carbocycles. The molecule has 0 saturated carbocycles. The number of anilines is 1. The number of hydrogen-bond donors (Lipinski definition) is 1. The van der Waals surface area contributed by atoms with Crippen LogP contribution in [0, 0.1) is 6.92 Å². The maximum Gasteiger partial charge on any atom is 0.230 e. The van der Waals surface area contributed by atoms with E-state index in [9.17, 15) is 4.79 Å². The van der Waals surface area contributed by atoms with Gasteiger partial charge in [-0.05, 0) is 49.7 Å². The van der Waals surface area contributed by atoms with Gasteiger partial charge in [0.05, 0.1) is 12.1 Å². The molecule has 0 aliphatic carbocycles. The Labute approximate surface area is 164 Å². The average molecular weight is 373 g/mol. The third-order valence-corrected chi connectivity index (χ3v) is 4.76. The number of carbonyl (C=O) groups is 1. The van der Waals surface area contributed by atoms with Crippen molar-refractivity contribution in [3.63, 3.8) is 0 Å².